The second-order valence-corrected chi connectivity index (χ2v) is 6.49. The Labute approximate surface area is 110 Å². The van der Waals surface area contributed by atoms with E-state index < -0.39 is 0 Å². The summed E-state index contributed by atoms with van der Waals surface area (Å²) in [5.74, 6) is 0.156. The van der Waals surface area contributed by atoms with Crippen LogP contribution in [-0.4, -0.2) is 23.8 Å². The molecule has 1 aliphatic carbocycles. The molecule has 0 aromatic carbocycles. The van der Waals surface area contributed by atoms with Crippen LogP contribution < -0.4 is 0 Å². The van der Waals surface area contributed by atoms with Gasteiger partial charge >= 0.3 is 5.97 Å². The molecule has 0 amide bonds. The molecule has 1 saturated heterocycles. The van der Waals surface area contributed by atoms with E-state index in [2.05, 4.69) is 26.8 Å². The molecule has 4 atom stereocenters. The highest BCUT2D eigenvalue weighted by Gasteiger charge is 2.63. The summed E-state index contributed by atoms with van der Waals surface area (Å²) >= 11 is 0. The Kier molecular flexibility index (Phi) is 3.30. The molecule has 1 heterocycles. The second kappa shape index (κ2) is 4.37. The summed E-state index contributed by atoms with van der Waals surface area (Å²) in [4.78, 5) is 10.9. The maximum atomic E-state index is 10.9. The van der Waals surface area contributed by atoms with Crippen LogP contribution in [0.25, 0.3) is 0 Å². The zero-order valence-corrected chi connectivity index (χ0v) is 12.0. The molecule has 0 aromatic rings. The van der Waals surface area contributed by atoms with Crippen LogP contribution >= 0.6 is 0 Å². The fraction of sp³-hybridized carbons (Fsp3) is 0.800. The van der Waals surface area contributed by atoms with Crippen LogP contribution in [0.4, 0.5) is 0 Å². The van der Waals surface area contributed by atoms with Gasteiger partial charge in [0.05, 0.1) is 11.7 Å². The number of rotatable bonds is 3. The Bertz CT molecular complexity index is 367. The summed E-state index contributed by atoms with van der Waals surface area (Å²) < 4.78 is 11.0. The Morgan fingerprint density at radius 1 is 1.44 bits per heavy atom. The van der Waals surface area contributed by atoms with Gasteiger partial charge < -0.3 is 9.47 Å². The molecule has 1 aliphatic heterocycles. The molecule has 2 fully saturated rings. The molecule has 102 valence electrons. The van der Waals surface area contributed by atoms with E-state index in [1.807, 2.05) is 13.0 Å². The maximum Gasteiger partial charge on any atom is 0.303 e. The van der Waals surface area contributed by atoms with Crippen LogP contribution in [0.3, 0.4) is 0 Å². The molecular formula is C15H24O3. The summed E-state index contributed by atoms with van der Waals surface area (Å²) in [6.07, 6.45) is 6.78. The predicted octanol–water partition coefficient (Wildman–Crippen LogP) is 3.09. The smallest absolute Gasteiger partial charge is 0.303 e. The molecule has 2 aliphatic rings. The van der Waals surface area contributed by atoms with Gasteiger partial charge in [0, 0.05) is 12.8 Å². The maximum absolute atomic E-state index is 10.9. The van der Waals surface area contributed by atoms with E-state index in [0.29, 0.717) is 12.0 Å². The van der Waals surface area contributed by atoms with Gasteiger partial charge in [0.25, 0.3) is 0 Å². The summed E-state index contributed by atoms with van der Waals surface area (Å²) in [5.41, 5.74) is 0.238. The van der Waals surface area contributed by atoms with Crippen molar-refractivity contribution < 1.29 is 14.3 Å². The summed E-state index contributed by atoms with van der Waals surface area (Å²) in [5, 5.41) is 0. The Hall–Kier alpha value is -0.830. The number of carbonyl (C=O) groups is 1. The largest absolute Gasteiger partial charge is 0.459 e. The second-order valence-electron chi connectivity index (χ2n) is 6.49. The lowest BCUT2D eigenvalue weighted by molar-refractivity contribution is -0.143. The molecule has 3 nitrogen and oxygen atoms in total. The summed E-state index contributed by atoms with van der Waals surface area (Å²) in [7, 11) is 0. The highest BCUT2D eigenvalue weighted by atomic mass is 16.6. The first kappa shape index (κ1) is 13.6. The number of carbonyl (C=O) groups excluding carboxylic acids is 1. The topological polar surface area (TPSA) is 38.8 Å². The van der Waals surface area contributed by atoms with Gasteiger partial charge in [-0.15, -0.1) is 0 Å². The Morgan fingerprint density at radius 2 is 2.11 bits per heavy atom. The van der Waals surface area contributed by atoms with E-state index in [1.54, 1.807) is 0 Å². The van der Waals surface area contributed by atoms with E-state index in [1.165, 1.54) is 13.3 Å². The molecule has 18 heavy (non-hydrogen) atoms. The van der Waals surface area contributed by atoms with Crippen molar-refractivity contribution in [2.75, 3.05) is 0 Å². The number of ether oxygens (including phenoxy) is 2. The number of hydrogen-bond donors (Lipinski definition) is 0. The predicted molar refractivity (Wildman–Crippen MR) is 70.2 cm³/mol. The van der Waals surface area contributed by atoms with Crippen molar-refractivity contribution in [2.45, 2.75) is 65.3 Å². The highest BCUT2D eigenvalue weighted by Crippen LogP contribution is 2.58. The van der Waals surface area contributed by atoms with Crippen LogP contribution in [0.2, 0.25) is 0 Å². The molecule has 2 rings (SSSR count). The third-order valence-electron chi connectivity index (χ3n) is 4.42. The van der Waals surface area contributed by atoms with Crippen LogP contribution in [0.5, 0.6) is 0 Å². The number of fused-ring (bicyclic) bond motifs is 1. The first-order valence-corrected chi connectivity index (χ1v) is 6.79. The Morgan fingerprint density at radius 3 is 2.72 bits per heavy atom. The van der Waals surface area contributed by atoms with Crippen molar-refractivity contribution in [3.05, 3.63) is 12.2 Å². The zero-order valence-electron chi connectivity index (χ0n) is 12.0. The molecule has 1 saturated carbocycles. The van der Waals surface area contributed by atoms with Gasteiger partial charge in [-0.1, -0.05) is 19.9 Å². The molecule has 0 radical (unpaired) electrons. The van der Waals surface area contributed by atoms with E-state index in [9.17, 15) is 4.79 Å². The van der Waals surface area contributed by atoms with Crippen molar-refractivity contribution in [3.8, 4) is 0 Å². The molecule has 0 bridgehead atoms. The molecular weight excluding hydrogens is 228 g/mol. The highest BCUT2D eigenvalue weighted by molar-refractivity contribution is 5.66. The van der Waals surface area contributed by atoms with Gasteiger partial charge in [-0.05, 0) is 38.2 Å². The van der Waals surface area contributed by atoms with Crippen molar-refractivity contribution in [1.29, 1.82) is 0 Å². The zero-order chi connectivity index (χ0) is 13.6. The number of hydrogen-bond acceptors (Lipinski definition) is 3. The number of esters is 1. The van der Waals surface area contributed by atoms with Gasteiger partial charge in [-0.3, -0.25) is 4.79 Å². The molecule has 3 heteroatoms. The minimum atomic E-state index is -0.234. The average molecular weight is 252 g/mol. The minimum Gasteiger partial charge on any atom is -0.459 e. The molecule has 0 unspecified atom stereocenters. The van der Waals surface area contributed by atoms with Gasteiger partial charge in [0.1, 0.15) is 6.10 Å². The molecule has 0 N–H and O–H groups in total. The van der Waals surface area contributed by atoms with Gasteiger partial charge in [0.15, 0.2) is 0 Å². The quantitative estimate of drug-likeness (QED) is 0.440. The molecule has 0 spiro atoms. The average Bonchev–Trinajstić information content (AvgIpc) is 2.86. The van der Waals surface area contributed by atoms with Gasteiger partial charge in [-0.2, -0.15) is 0 Å². The van der Waals surface area contributed by atoms with Crippen LogP contribution in [0, 0.1) is 11.3 Å². The molecule has 0 aromatic heterocycles. The SMILES string of the molecule is CC(=O)O[C@H](C)/C=C/[C@@H]1C(C)(C)CC[C@@H]2O[C@@]21C. The van der Waals surface area contributed by atoms with Crippen molar-refractivity contribution in [2.24, 2.45) is 11.3 Å². The lowest BCUT2D eigenvalue weighted by Crippen LogP contribution is -2.39. The lowest BCUT2D eigenvalue weighted by atomic mass is 9.64. The summed E-state index contributed by atoms with van der Waals surface area (Å²) in [6.45, 7) is 10.1. The van der Waals surface area contributed by atoms with Crippen molar-refractivity contribution in [1.82, 2.24) is 0 Å². The van der Waals surface area contributed by atoms with Gasteiger partial charge in [0.2, 0.25) is 0 Å². The fourth-order valence-electron chi connectivity index (χ4n) is 3.35. The van der Waals surface area contributed by atoms with E-state index in [0.717, 1.165) is 6.42 Å². The van der Waals surface area contributed by atoms with Crippen LogP contribution in [0.1, 0.15) is 47.5 Å². The van der Waals surface area contributed by atoms with Crippen LogP contribution in [-0.2, 0) is 14.3 Å². The fourth-order valence-corrected chi connectivity index (χ4v) is 3.35. The van der Waals surface area contributed by atoms with Crippen LogP contribution in [0.15, 0.2) is 12.2 Å². The summed E-state index contributed by atoms with van der Waals surface area (Å²) in [6, 6.07) is 0. The van der Waals surface area contributed by atoms with Crippen molar-refractivity contribution >= 4 is 5.97 Å². The number of epoxide rings is 1. The minimum absolute atomic E-state index is 0.00576. The third kappa shape index (κ3) is 2.46. The lowest BCUT2D eigenvalue weighted by Gasteiger charge is -2.38. The third-order valence-corrected chi connectivity index (χ3v) is 4.42. The van der Waals surface area contributed by atoms with E-state index in [-0.39, 0.29) is 23.1 Å². The standard InChI is InChI=1S/C15H24O3/c1-10(17-11(2)16)6-7-12-14(3,4)9-8-13-15(12,5)18-13/h6-7,10,12-13H,8-9H2,1-5H3/b7-6+/t10-,12-,13+,15-/m1/s1. The Balaban J connectivity index is 2.06. The van der Waals surface area contributed by atoms with E-state index in [4.69, 9.17) is 9.47 Å². The van der Waals surface area contributed by atoms with Gasteiger partial charge in [-0.25, -0.2) is 0 Å². The first-order chi connectivity index (χ1) is 8.25. The van der Waals surface area contributed by atoms with E-state index >= 15 is 0 Å². The first-order valence-electron chi connectivity index (χ1n) is 6.79. The monoisotopic (exact) mass is 252 g/mol. The normalized spacial score (nSPS) is 39.2. The van der Waals surface area contributed by atoms with Crippen molar-refractivity contribution in [3.63, 3.8) is 0 Å².